The van der Waals surface area contributed by atoms with E-state index in [1.165, 1.54) is 18.4 Å². The minimum absolute atomic E-state index is 0.761. The average Bonchev–Trinajstić information content (AvgIpc) is 2.40. The van der Waals surface area contributed by atoms with Gasteiger partial charge in [0.15, 0.2) is 0 Å². The van der Waals surface area contributed by atoms with Gasteiger partial charge >= 0.3 is 0 Å². The van der Waals surface area contributed by atoms with Gasteiger partial charge in [-0.1, -0.05) is 15.9 Å². The van der Waals surface area contributed by atoms with Crippen LogP contribution in [0.15, 0.2) is 22.7 Å². The molecule has 3 nitrogen and oxygen atoms in total. The van der Waals surface area contributed by atoms with E-state index in [2.05, 4.69) is 33.9 Å². The van der Waals surface area contributed by atoms with Crippen molar-refractivity contribution in [1.82, 2.24) is 4.90 Å². The van der Waals surface area contributed by atoms with Gasteiger partial charge < -0.3 is 14.4 Å². The second-order valence-corrected chi connectivity index (χ2v) is 6.12. The van der Waals surface area contributed by atoms with E-state index in [4.69, 9.17) is 9.47 Å². The zero-order chi connectivity index (χ0) is 13.7. The summed E-state index contributed by atoms with van der Waals surface area (Å²) in [5.74, 6) is 1.72. The van der Waals surface area contributed by atoms with Crippen molar-refractivity contribution in [1.29, 1.82) is 0 Å². The molecule has 0 N–H and O–H groups in total. The number of rotatable bonds is 5. The number of halogens is 1. The van der Waals surface area contributed by atoms with Gasteiger partial charge in [0.05, 0.1) is 7.11 Å². The van der Waals surface area contributed by atoms with Crippen molar-refractivity contribution >= 4 is 15.9 Å². The molecule has 1 saturated heterocycles. The Morgan fingerprint density at radius 1 is 1.37 bits per heavy atom. The smallest absolute Gasteiger partial charge is 0.123 e. The number of hydrogen-bond acceptors (Lipinski definition) is 3. The summed E-state index contributed by atoms with van der Waals surface area (Å²) >= 11 is 3.52. The Morgan fingerprint density at radius 3 is 2.79 bits per heavy atom. The highest BCUT2D eigenvalue weighted by Gasteiger charge is 2.16. The molecule has 0 aliphatic carbocycles. The first kappa shape index (κ1) is 14.8. The van der Waals surface area contributed by atoms with E-state index >= 15 is 0 Å². The van der Waals surface area contributed by atoms with Gasteiger partial charge in [0, 0.05) is 36.3 Å². The zero-order valence-corrected chi connectivity index (χ0v) is 13.3. The average molecular weight is 328 g/mol. The van der Waals surface area contributed by atoms with Crippen LogP contribution in [-0.2, 0) is 11.3 Å². The number of hydrogen-bond donors (Lipinski definition) is 0. The zero-order valence-electron chi connectivity index (χ0n) is 11.7. The van der Waals surface area contributed by atoms with Crippen molar-refractivity contribution in [3.63, 3.8) is 0 Å². The molecule has 4 heteroatoms. The third kappa shape index (κ3) is 4.48. The molecule has 19 heavy (non-hydrogen) atoms. The summed E-state index contributed by atoms with van der Waals surface area (Å²) in [6.45, 7) is 3.87. The van der Waals surface area contributed by atoms with Crippen molar-refractivity contribution < 1.29 is 9.47 Å². The molecule has 1 aliphatic heterocycles. The quantitative estimate of drug-likeness (QED) is 0.828. The SMILES string of the molecule is COc1ccc(Br)cc1CN(C)CC1CCOCC1. The lowest BCUT2D eigenvalue weighted by molar-refractivity contribution is 0.0549. The lowest BCUT2D eigenvalue weighted by atomic mass is 9.99. The van der Waals surface area contributed by atoms with Crippen molar-refractivity contribution in [3.05, 3.63) is 28.2 Å². The lowest BCUT2D eigenvalue weighted by Gasteiger charge is -2.27. The largest absolute Gasteiger partial charge is 0.496 e. The standard InChI is InChI=1S/C15H22BrNO2/c1-17(10-12-5-7-19-8-6-12)11-13-9-14(16)3-4-15(13)18-2/h3-4,9,12H,5-8,10-11H2,1-2H3. The number of benzene rings is 1. The van der Waals surface area contributed by atoms with Gasteiger partial charge in [-0.25, -0.2) is 0 Å². The molecule has 0 amide bonds. The molecule has 1 aromatic rings. The van der Waals surface area contributed by atoms with Gasteiger partial charge in [-0.2, -0.15) is 0 Å². The lowest BCUT2D eigenvalue weighted by Crippen LogP contribution is -2.29. The first-order valence-electron chi connectivity index (χ1n) is 6.77. The Balaban J connectivity index is 1.93. The van der Waals surface area contributed by atoms with Crippen LogP contribution in [0.1, 0.15) is 18.4 Å². The Bertz CT molecular complexity index is 405. The molecule has 0 atom stereocenters. The summed E-state index contributed by atoms with van der Waals surface area (Å²) in [5.41, 5.74) is 1.23. The molecule has 106 valence electrons. The molecule has 0 bridgehead atoms. The minimum Gasteiger partial charge on any atom is -0.496 e. The monoisotopic (exact) mass is 327 g/mol. The van der Waals surface area contributed by atoms with E-state index in [0.717, 1.165) is 42.4 Å². The van der Waals surface area contributed by atoms with E-state index < -0.39 is 0 Å². The molecule has 1 aliphatic rings. The van der Waals surface area contributed by atoms with Gasteiger partial charge in [0.25, 0.3) is 0 Å². The molecule has 1 fully saturated rings. The number of nitrogens with zero attached hydrogens (tertiary/aromatic N) is 1. The van der Waals surface area contributed by atoms with Gasteiger partial charge in [0.2, 0.25) is 0 Å². The molecule has 1 aromatic carbocycles. The minimum atomic E-state index is 0.761. The summed E-state index contributed by atoms with van der Waals surface area (Å²) in [5, 5.41) is 0. The molecular weight excluding hydrogens is 306 g/mol. The Hall–Kier alpha value is -0.580. The molecule has 0 spiro atoms. The van der Waals surface area contributed by atoms with Crippen LogP contribution in [0.2, 0.25) is 0 Å². The molecule has 0 radical (unpaired) electrons. The topological polar surface area (TPSA) is 21.7 Å². The van der Waals surface area contributed by atoms with E-state index in [-0.39, 0.29) is 0 Å². The summed E-state index contributed by atoms with van der Waals surface area (Å²) in [4.78, 5) is 2.38. The normalized spacial score (nSPS) is 16.8. The fourth-order valence-electron chi connectivity index (χ4n) is 2.60. The van der Waals surface area contributed by atoms with Crippen LogP contribution in [-0.4, -0.2) is 38.8 Å². The van der Waals surface area contributed by atoms with Crippen LogP contribution in [0.3, 0.4) is 0 Å². The molecule has 1 heterocycles. The predicted molar refractivity (Wildman–Crippen MR) is 80.6 cm³/mol. The second-order valence-electron chi connectivity index (χ2n) is 5.21. The molecule has 2 rings (SSSR count). The van der Waals surface area contributed by atoms with Gasteiger partial charge in [-0.15, -0.1) is 0 Å². The fraction of sp³-hybridized carbons (Fsp3) is 0.600. The highest BCUT2D eigenvalue weighted by molar-refractivity contribution is 9.10. The second kappa shape index (κ2) is 7.27. The van der Waals surface area contributed by atoms with E-state index in [0.29, 0.717) is 0 Å². The maximum absolute atomic E-state index is 5.42. The third-order valence-electron chi connectivity index (χ3n) is 3.59. The first-order valence-corrected chi connectivity index (χ1v) is 7.57. The van der Waals surface area contributed by atoms with Gasteiger partial charge in [0.1, 0.15) is 5.75 Å². The maximum Gasteiger partial charge on any atom is 0.123 e. The molecule has 0 unspecified atom stereocenters. The van der Waals surface area contributed by atoms with Gasteiger partial charge in [-0.3, -0.25) is 0 Å². The van der Waals surface area contributed by atoms with Crippen LogP contribution in [0.25, 0.3) is 0 Å². The van der Waals surface area contributed by atoms with E-state index in [9.17, 15) is 0 Å². The first-order chi connectivity index (χ1) is 9.19. The van der Waals surface area contributed by atoms with Crippen molar-refractivity contribution in [2.45, 2.75) is 19.4 Å². The van der Waals surface area contributed by atoms with Crippen LogP contribution in [0.5, 0.6) is 5.75 Å². The van der Waals surface area contributed by atoms with Crippen LogP contribution >= 0.6 is 15.9 Å². The van der Waals surface area contributed by atoms with Crippen LogP contribution < -0.4 is 4.74 Å². The predicted octanol–water partition coefficient (Wildman–Crippen LogP) is 3.32. The fourth-order valence-corrected chi connectivity index (χ4v) is 3.00. The van der Waals surface area contributed by atoms with Crippen molar-refractivity contribution in [3.8, 4) is 5.75 Å². The highest BCUT2D eigenvalue weighted by atomic mass is 79.9. The van der Waals surface area contributed by atoms with E-state index in [1.54, 1.807) is 7.11 Å². The molecular formula is C15H22BrNO2. The highest BCUT2D eigenvalue weighted by Crippen LogP contribution is 2.25. The van der Waals surface area contributed by atoms with E-state index in [1.807, 2.05) is 12.1 Å². The van der Waals surface area contributed by atoms with Crippen molar-refractivity contribution in [2.75, 3.05) is 33.9 Å². The third-order valence-corrected chi connectivity index (χ3v) is 4.09. The summed E-state index contributed by atoms with van der Waals surface area (Å²) < 4.78 is 11.9. The Morgan fingerprint density at radius 2 is 2.11 bits per heavy atom. The Labute approximate surface area is 124 Å². The molecule has 0 saturated carbocycles. The molecule has 0 aromatic heterocycles. The van der Waals surface area contributed by atoms with Crippen molar-refractivity contribution in [2.24, 2.45) is 5.92 Å². The Kier molecular flexibility index (Phi) is 5.67. The summed E-state index contributed by atoms with van der Waals surface area (Å²) in [6.07, 6.45) is 2.36. The summed E-state index contributed by atoms with van der Waals surface area (Å²) in [6, 6.07) is 6.17. The van der Waals surface area contributed by atoms with Gasteiger partial charge in [-0.05, 0) is 44.0 Å². The van der Waals surface area contributed by atoms with Crippen LogP contribution in [0, 0.1) is 5.92 Å². The summed E-state index contributed by atoms with van der Waals surface area (Å²) in [7, 11) is 3.90. The number of methoxy groups -OCH3 is 1. The maximum atomic E-state index is 5.42. The number of ether oxygens (including phenoxy) is 2. The van der Waals surface area contributed by atoms with Crippen LogP contribution in [0.4, 0.5) is 0 Å².